The number of anilines is 5. The number of rotatable bonds is 5. The summed E-state index contributed by atoms with van der Waals surface area (Å²) in [6.07, 6.45) is 1.85. The summed E-state index contributed by atoms with van der Waals surface area (Å²) in [5, 5.41) is 6.79. The Hall–Kier alpha value is -3.12. The molecule has 0 atom stereocenters. The minimum absolute atomic E-state index is 0.584. The number of hydrogen-bond donors (Lipinski definition) is 2. The molecule has 1 aliphatic rings. The number of likely N-dealkylation sites (N-methyl/N-ethyl adjacent to an activating group) is 1. The zero-order valence-electron chi connectivity index (χ0n) is 18.2. The van der Waals surface area contributed by atoms with Crippen LogP contribution in [0.2, 0.25) is 0 Å². The van der Waals surface area contributed by atoms with Crippen LogP contribution in [0.5, 0.6) is 0 Å². The van der Waals surface area contributed by atoms with Crippen LogP contribution >= 0.6 is 0 Å². The van der Waals surface area contributed by atoms with Crippen LogP contribution in [0.1, 0.15) is 16.7 Å². The van der Waals surface area contributed by atoms with Crippen LogP contribution in [0.4, 0.5) is 28.8 Å². The summed E-state index contributed by atoms with van der Waals surface area (Å²) in [6.45, 7) is 10.6. The summed E-state index contributed by atoms with van der Waals surface area (Å²) in [5.41, 5.74) is 6.80. The first kappa shape index (κ1) is 20.2. The normalized spacial score (nSPS) is 14.6. The van der Waals surface area contributed by atoms with E-state index >= 15 is 0 Å². The van der Waals surface area contributed by atoms with Crippen LogP contribution in [-0.2, 0) is 0 Å². The van der Waals surface area contributed by atoms with Crippen molar-refractivity contribution in [1.29, 1.82) is 0 Å². The van der Waals surface area contributed by atoms with E-state index in [2.05, 4.69) is 88.8 Å². The van der Waals surface area contributed by atoms with Crippen LogP contribution < -0.4 is 15.5 Å². The average molecular weight is 403 g/mol. The van der Waals surface area contributed by atoms with Gasteiger partial charge < -0.3 is 20.4 Å². The predicted molar refractivity (Wildman–Crippen MR) is 125 cm³/mol. The molecule has 2 N–H and O–H groups in total. The summed E-state index contributed by atoms with van der Waals surface area (Å²) in [4.78, 5) is 14.0. The van der Waals surface area contributed by atoms with E-state index in [1.807, 2.05) is 13.1 Å². The van der Waals surface area contributed by atoms with Gasteiger partial charge in [-0.25, -0.2) is 4.98 Å². The fraction of sp³-hybridized carbons (Fsp3) is 0.333. The molecule has 4 rings (SSSR count). The highest BCUT2D eigenvalue weighted by Gasteiger charge is 2.14. The van der Waals surface area contributed by atoms with Crippen LogP contribution in [-0.4, -0.2) is 48.1 Å². The van der Waals surface area contributed by atoms with Gasteiger partial charge in [0.05, 0.1) is 0 Å². The molecule has 0 aliphatic carbocycles. The Morgan fingerprint density at radius 1 is 0.833 bits per heavy atom. The quantitative estimate of drug-likeness (QED) is 0.648. The number of aromatic nitrogens is 2. The summed E-state index contributed by atoms with van der Waals surface area (Å²) in [6, 6.07) is 14.8. The van der Waals surface area contributed by atoms with Crippen molar-refractivity contribution >= 4 is 28.8 Å². The molecule has 1 aliphatic heterocycles. The fourth-order valence-electron chi connectivity index (χ4n) is 3.59. The molecule has 0 unspecified atom stereocenters. The van der Waals surface area contributed by atoms with Crippen molar-refractivity contribution < 1.29 is 0 Å². The van der Waals surface area contributed by atoms with Gasteiger partial charge in [-0.15, -0.1) is 0 Å². The van der Waals surface area contributed by atoms with E-state index in [0.717, 1.165) is 48.9 Å². The standard InChI is InChI=1S/C24H30N6/c1-17-6-5-7-22(19(17)3)27-23-18(2)16-25-24(28-23)26-20-8-10-21(11-9-20)30-14-12-29(4)13-15-30/h5-11,16H,12-15H2,1-4H3,(H2,25,26,27,28). The topological polar surface area (TPSA) is 56.3 Å². The van der Waals surface area contributed by atoms with Crippen molar-refractivity contribution in [3.63, 3.8) is 0 Å². The van der Waals surface area contributed by atoms with E-state index in [1.54, 1.807) is 0 Å². The molecule has 0 bridgehead atoms. The lowest BCUT2D eigenvalue weighted by Gasteiger charge is -2.34. The third-order valence-electron chi connectivity index (χ3n) is 5.82. The highest BCUT2D eigenvalue weighted by molar-refractivity contribution is 5.66. The van der Waals surface area contributed by atoms with Crippen LogP contribution in [0.15, 0.2) is 48.7 Å². The van der Waals surface area contributed by atoms with Gasteiger partial charge in [0.25, 0.3) is 0 Å². The summed E-state index contributed by atoms with van der Waals surface area (Å²) < 4.78 is 0. The van der Waals surface area contributed by atoms with E-state index in [0.29, 0.717) is 5.95 Å². The van der Waals surface area contributed by atoms with Crippen molar-refractivity contribution in [2.45, 2.75) is 20.8 Å². The van der Waals surface area contributed by atoms with Gasteiger partial charge in [0.15, 0.2) is 0 Å². The van der Waals surface area contributed by atoms with Crippen molar-refractivity contribution in [2.75, 3.05) is 48.8 Å². The molecule has 6 nitrogen and oxygen atoms in total. The smallest absolute Gasteiger partial charge is 0.229 e. The number of nitrogens with zero attached hydrogens (tertiary/aromatic N) is 4. The van der Waals surface area contributed by atoms with Gasteiger partial charge in [0.1, 0.15) is 5.82 Å². The maximum absolute atomic E-state index is 4.70. The van der Waals surface area contributed by atoms with E-state index in [4.69, 9.17) is 4.98 Å². The first-order valence-electron chi connectivity index (χ1n) is 10.5. The molecule has 0 saturated carbocycles. The number of hydrogen-bond acceptors (Lipinski definition) is 6. The summed E-state index contributed by atoms with van der Waals surface area (Å²) in [7, 11) is 2.18. The number of aryl methyl sites for hydroxylation is 2. The second-order valence-corrected chi connectivity index (χ2v) is 8.06. The lowest BCUT2D eigenvalue weighted by Crippen LogP contribution is -2.44. The first-order valence-corrected chi connectivity index (χ1v) is 10.5. The van der Waals surface area contributed by atoms with Crippen molar-refractivity contribution in [2.24, 2.45) is 0 Å². The van der Waals surface area contributed by atoms with Gasteiger partial charge in [-0.05, 0) is 69.3 Å². The molecule has 1 fully saturated rings. The molecule has 3 aromatic rings. The summed E-state index contributed by atoms with van der Waals surface area (Å²) in [5.74, 6) is 1.40. The Bertz CT molecular complexity index is 1010. The first-order chi connectivity index (χ1) is 14.5. The Kier molecular flexibility index (Phi) is 5.86. The Morgan fingerprint density at radius 2 is 1.57 bits per heavy atom. The third kappa shape index (κ3) is 4.54. The molecule has 6 heteroatoms. The maximum atomic E-state index is 4.70. The molecule has 2 heterocycles. The molecule has 0 spiro atoms. The maximum Gasteiger partial charge on any atom is 0.229 e. The zero-order valence-corrected chi connectivity index (χ0v) is 18.2. The van der Waals surface area contributed by atoms with E-state index in [-0.39, 0.29) is 0 Å². The molecule has 1 saturated heterocycles. The predicted octanol–water partition coefficient (Wildman–Crippen LogP) is 4.64. The van der Waals surface area contributed by atoms with Gasteiger partial charge in [0, 0.05) is 55.0 Å². The Balaban J connectivity index is 1.47. The molecule has 30 heavy (non-hydrogen) atoms. The highest BCUT2D eigenvalue weighted by atomic mass is 15.2. The molecule has 0 radical (unpaired) electrons. The fourth-order valence-corrected chi connectivity index (χ4v) is 3.59. The second-order valence-electron chi connectivity index (χ2n) is 8.06. The van der Waals surface area contributed by atoms with Crippen LogP contribution in [0.25, 0.3) is 0 Å². The van der Waals surface area contributed by atoms with Gasteiger partial charge in [-0.2, -0.15) is 4.98 Å². The highest BCUT2D eigenvalue weighted by Crippen LogP contribution is 2.25. The SMILES string of the molecule is Cc1cnc(Nc2ccc(N3CCN(C)CC3)cc2)nc1Nc1cccc(C)c1C. The zero-order chi connectivity index (χ0) is 21.1. The third-order valence-corrected chi connectivity index (χ3v) is 5.82. The second kappa shape index (κ2) is 8.71. The number of benzene rings is 2. The van der Waals surface area contributed by atoms with Crippen LogP contribution in [0, 0.1) is 20.8 Å². The van der Waals surface area contributed by atoms with Gasteiger partial charge >= 0.3 is 0 Å². The minimum atomic E-state index is 0.584. The molecule has 0 amide bonds. The molecule has 2 aromatic carbocycles. The lowest BCUT2D eigenvalue weighted by atomic mass is 10.1. The molecule has 156 valence electrons. The van der Waals surface area contributed by atoms with E-state index in [9.17, 15) is 0 Å². The van der Waals surface area contributed by atoms with Crippen molar-refractivity contribution in [3.8, 4) is 0 Å². The van der Waals surface area contributed by atoms with Crippen molar-refractivity contribution in [1.82, 2.24) is 14.9 Å². The van der Waals surface area contributed by atoms with E-state index in [1.165, 1.54) is 16.8 Å². The minimum Gasteiger partial charge on any atom is -0.369 e. The van der Waals surface area contributed by atoms with Crippen molar-refractivity contribution in [3.05, 3.63) is 65.4 Å². The monoisotopic (exact) mass is 402 g/mol. The lowest BCUT2D eigenvalue weighted by molar-refractivity contribution is 0.313. The Morgan fingerprint density at radius 3 is 2.30 bits per heavy atom. The largest absolute Gasteiger partial charge is 0.369 e. The van der Waals surface area contributed by atoms with Crippen LogP contribution in [0.3, 0.4) is 0 Å². The van der Waals surface area contributed by atoms with Gasteiger partial charge in [-0.1, -0.05) is 12.1 Å². The number of piperazine rings is 1. The molecular formula is C24H30N6. The average Bonchev–Trinajstić information content (AvgIpc) is 2.75. The Labute approximate surface area is 179 Å². The summed E-state index contributed by atoms with van der Waals surface area (Å²) >= 11 is 0. The molecular weight excluding hydrogens is 372 g/mol. The number of nitrogens with one attached hydrogen (secondary N) is 2. The van der Waals surface area contributed by atoms with Gasteiger partial charge in [-0.3, -0.25) is 0 Å². The molecule has 1 aromatic heterocycles. The van der Waals surface area contributed by atoms with Gasteiger partial charge in [0.2, 0.25) is 5.95 Å². The van der Waals surface area contributed by atoms with E-state index < -0.39 is 0 Å².